The summed E-state index contributed by atoms with van der Waals surface area (Å²) in [7, 11) is 0. The fourth-order valence-electron chi connectivity index (χ4n) is 2.10. The molecule has 0 radical (unpaired) electrons. The number of benzene rings is 1. The monoisotopic (exact) mass is 325 g/mol. The molecule has 0 bridgehead atoms. The van der Waals surface area contributed by atoms with Crippen LogP contribution < -0.4 is 0 Å². The number of nitrogens with zero attached hydrogens (tertiary/aromatic N) is 3. The Morgan fingerprint density at radius 1 is 1.26 bits per heavy atom. The first-order valence-corrected chi connectivity index (χ1v) is 7.52. The van der Waals surface area contributed by atoms with Gasteiger partial charge in [-0.15, -0.1) is 0 Å². The molecule has 3 nitrogen and oxygen atoms in total. The highest BCUT2D eigenvalue weighted by molar-refractivity contribution is 9.09. The molecule has 1 heterocycles. The second kappa shape index (κ2) is 6.80. The van der Waals surface area contributed by atoms with E-state index >= 15 is 0 Å². The van der Waals surface area contributed by atoms with Crippen LogP contribution in [0.1, 0.15) is 18.3 Å². The first-order valence-electron chi connectivity index (χ1n) is 6.40. The number of rotatable bonds is 6. The summed E-state index contributed by atoms with van der Waals surface area (Å²) < 4.78 is 14.8. The van der Waals surface area contributed by atoms with Crippen molar-refractivity contribution in [3.63, 3.8) is 0 Å². The number of halogens is 2. The molecule has 19 heavy (non-hydrogen) atoms. The Bertz CT molecular complexity index is 510. The second-order valence-electron chi connectivity index (χ2n) is 4.55. The molecule has 2 rings (SSSR count). The van der Waals surface area contributed by atoms with E-state index in [1.165, 1.54) is 12.1 Å². The van der Waals surface area contributed by atoms with Gasteiger partial charge in [0, 0.05) is 18.3 Å². The predicted octanol–water partition coefficient (Wildman–Crippen LogP) is 3.23. The molecule has 0 saturated carbocycles. The van der Waals surface area contributed by atoms with E-state index in [1.54, 1.807) is 6.33 Å². The van der Waals surface area contributed by atoms with Gasteiger partial charge in [-0.25, -0.2) is 9.37 Å². The summed E-state index contributed by atoms with van der Waals surface area (Å²) in [6, 6.07) is 6.70. The summed E-state index contributed by atoms with van der Waals surface area (Å²) in [4.78, 5) is 4.30. The third kappa shape index (κ3) is 3.86. The zero-order valence-electron chi connectivity index (χ0n) is 10.9. The standard InChI is InChI=1S/C14H17BrFN3/c1-2-19-14(17-10-18-19)8-12(9-15)7-11-3-5-13(16)6-4-11/h3-6,10,12H,2,7-9H2,1H3. The van der Waals surface area contributed by atoms with Crippen LogP contribution in [-0.2, 0) is 19.4 Å². The lowest BCUT2D eigenvalue weighted by atomic mass is 9.98. The van der Waals surface area contributed by atoms with Crippen molar-refractivity contribution >= 4 is 15.9 Å². The van der Waals surface area contributed by atoms with Gasteiger partial charge in [-0.2, -0.15) is 5.10 Å². The van der Waals surface area contributed by atoms with E-state index in [0.717, 1.165) is 36.1 Å². The molecule has 1 atom stereocenters. The Hall–Kier alpha value is -1.23. The molecule has 0 aliphatic carbocycles. The van der Waals surface area contributed by atoms with Gasteiger partial charge in [-0.3, -0.25) is 4.68 Å². The minimum Gasteiger partial charge on any atom is -0.250 e. The normalized spacial score (nSPS) is 12.6. The molecular weight excluding hydrogens is 309 g/mol. The quantitative estimate of drug-likeness (QED) is 0.763. The fraction of sp³-hybridized carbons (Fsp3) is 0.429. The summed E-state index contributed by atoms with van der Waals surface area (Å²) in [5, 5.41) is 5.07. The lowest BCUT2D eigenvalue weighted by Gasteiger charge is -2.14. The number of hydrogen-bond donors (Lipinski definition) is 0. The molecule has 0 spiro atoms. The molecule has 0 amide bonds. The van der Waals surface area contributed by atoms with E-state index in [-0.39, 0.29) is 5.82 Å². The maximum Gasteiger partial charge on any atom is 0.138 e. The van der Waals surface area contributed by atoms with Gasteiger partial charge in [-0.05, 0) is 37.0 Å². The van der Waals surface area contributed by atoms with Gasteiger partial charge in [-0.1, -0.05) is 28.1 Å². The van der Waals surface area contributed by atoms with Crippen LogP contribution in [0.25, 0.3) is 0 Å². The van der Waals surface area contributed by atoms with Crippen molar-refractivity contribution in [2.45, 2.75) is 26.3 Å². The van der Waals surface area contributed by atoms with Crippen molar-refractivity contribution in [3.8, 4) is 0 Å². The zero-order valence-corrected chi connectivity index (χ0v) is 12.5. The van der Waals surface area contributed by atoms with Crippen LogP contribution in [-0.4, -0.2) is 20.1 Å². The Kier molecular flexibility index (Phi) is 5.07. The molecule has 1 aromatic carbocycles. The van der Waals surface area contributed by atoms with Crippen molar-refractivity contribution in [1.29, 1.82) is 0 Å². The molecular formula is C14H17BrFN3. The Balaban J connectivity index is 2.02. The largest absolute Gasteiger partial charge is 0.250 e. The van der Waals surface area contributed by atoms with Crippen LogP contribution in [0.5, 0.6) is 0 Å². The average Bonchev–Trinajstić information content (AvgIpc) is 2.87. The van der Waals surface area contributed by atoms with Gasteiger partial charge in [0.25, 0.3) is 0 Å². The Morgan fingerprint density at radius 2 is 2.00 bits per heavy atom. The summed E-state index contributed by atoms with van der Waals surface area (Å²) >= 11 is 3.55. The van der Waals surface area contributed by atoms with Crippen LogP contribution >= 0.6 is 15.9 Å². The molecule has 1 unspecified atom stereocenters. The van der Waals surface area contributed by atoms with Crippen LogP contribution in [0.4, 0.5) is 4.39 Å². The molecule has 102 valence electrons. The third-order valence-corrected chi connectivity index (χ3v) is 4.04. The number of aryl methyl sites for hydroxylation is 1. The molecule has 0 N–H and O–H groups in total. The van der Waals surface area contributed by atoms with E-state index in [4.69, 9.17) is 0 Å². The molecule has 1 aromatic heterocycles. The SMILES string of the molecule is CCn1ncnc1CC(CBr)Cc1ccc(F)cc1. The molecule has 0 aliphatic heterocycles. The maximum absolute atomic E-state index is 12.9. The van der Waals surface area contributed by atoms with Crippen LogP contribution in [0, 0.1) is 11.7 Å². The number of aromatic nitrogens is 3. The van der Waals surface area contributed by atoms with Crippen LogP contribution in [0.15, 0.2) is 30.6 Å². The summed E-state index contributed by atoms with van der Waals surface area (Å²) in [6.45, 7) is 2.89. The summed E-state index contributed by atoms with van der Waals surface area (Å²) in [6.07, 6.45) is 3.38. The first-order chi connectivity index (χ1) is 9.22. The minimum atomic E-state index is -0.190. The van der Waals surface area contributed by atoms with Gasteiger partial charge in [0.15, 0.2) is 0 Å². The number of alkyl halides is 1. The predicted molar refractivity (Wildman–Crippen MR) is 76.8 cm³/mol. The van der Waals surface area contributed by atoms with Gasteiger partial charge >= 0.3 is 0 Å². The lowest BCUT2D eigenvalue weighted by Crippen LogP contribution is -2.14. The van der Waals surface area contributed by atoms with Gasteiger partial charge in [0.05, 0.1) is 0 Å². The van der Waals surface area contributed by atoms with Gasteiger partial charge in [0.2, 0.25) is 0 Å². The van der Waals surface area contributed by atoms with Crippen LogP contribution in [0.2, 0.25) is 0 Å². The first kappa shape index (κ1) is 14.2. The fourth-order valence-corrected chi connectivity index (χ4v) is 2.56. The van der Waals surface area contributed by atoms with Crippen molar-refractivity contribution in [1.82, 2.24) is 14.8 Å². The van der Waals surface area contributed by atoms with Crippen LogP contribution in [0.3, 0.4) is 0 Å². The number of hydrogen-bond acceptors (Lipinski definition) is 2. The third-order valence-electron chi connectivity index (χ3n) is 3.12. The van der Waals surface area contributed by atoms with E-state index in [1.807, 2.05) is 16.8 Å². The average molecular weight is 326 g/mol. The van der Waals surface area contributed by atoms with Gasteiger partial charge in [0.1, 0.15) is 18.0 Å². The van der Waals surface area contributed by atoms with E-state index in [9.17, 15) is 4.39 Å². The molecule has 0 saturated heterocycles. The topological polar surface area (TPSA) is 30.7 Å². The maximum atomic E-state index is 12.9. The summed E-state index contributed by atoms with van der Waals surface area (Å²) in [5.74, 6) is 1.25. The minimum absolute atomic E-state index is 0.190. The van der Waals surface area contributed by atoms with Gasteiger partial charge < -0.3 is 0 Å². The van der Waals surface area contributed by atoms with Crippen molar-refractivity contribution < 1.29 is 4.39 Å². The molecule has 2 aromatic rings. The molecule has 0 fully saturated rings. The zero-order chi connectivity index (χ0) is 13.7. The van der Waals surface area contributed by atoms with Crippen molar-refractivity contribution in [3.05, 3.63) is 47.8 Å². The highest BCUT2D eigenvalue weighted by Gasteiger charge is 2.13. The smallest absolute Gasteiger partial charge is 0.138 e. The van der Waals surface area contributed by atoms with E-state index in [0.29, 0.717) is 5.92 Å². The second-order valence-corrected chi connectivity index (χ2v) is 5.19. The van der Waals surface area contributed by atoms with Crippen molar-refractivity contribution in [2.75, 3.05) is 5.33 Å². The lowest BCUT2D eigenvalue weighted by molar-refractivity contribution is 0.527. The van der Waals surface area contributed by atoms with E-state index in [2.05, 4.69) is 32.9 Å². The highest BCUT2D eigenvalue weighted by atomic mass is 79.9. The summed E-state index contributed by atoms with van der Waals surface area (Å²) in [5.41, 5.74) is 1.15. The van der Waals surface area contributed by atoms with Crippen molar-refractivity contribution in [2.24, 2.45) is 5.92 Å². The molecule has 5 heteroatoms. The molecule has 0 aliphatic rings. The Morgan fingerprint density at radius 3 is 2.63 bits per heavy atom. The Labute approximate surface area is 121 Å². The highest BCUT2D eigenvalue weighted by Crippen LogP contribution is 2.16. The van der Waals surface area contributed by atoms with E-state index < -0.39 is 0 Å².